The minimum atomic E-state index is -1.65. The minimum Gasteiger partial charge on any atom is -0.408 e. The molecule has 0 aromatic rings. The standard InChI is InChI=1S/C20H32OSi/c1-16-12-13-20(21-22(5,6)7,15-17-10-8-9-11-17)18(14-16)19(2,3)4/h8,10-12,14H,9,13,15H2,1-7H3. The van der Waals surface area contributed by atoms with Gasteiger partial charge in [0, 0.05) is 6.42 Å². The molecule has 2 aliphatic rings. The zero-order valence-corrected chi connectivity index (χ0v) is 16.4. The summed E-state index contributed by atoms with van der Waals surface area (Å²) in [6.07, 6.45) is 14.7. The molecule has 0 spiro atoms. The SMILES string of the molecule is CC1=CCC(CC2=CCC=C2)(O[Si](C)(C)C)C(C(C)(C)C)=C1. The Morgan fingerprint density at radius 1 is 1.18 bits per heavy atom. The van der Waals surface area contributed by atoms with Crippen LogP contribution in [0.5, 0.6) is 0 Å². The number of hydrogen-bond acceptors (Lipinski definition) is 1. The Bertz CT molecular complexity index is 549. The van der Waals surface area contributed by atoms with E-state index in [2.05, 4.69) is 77.7 Å². The molecule has 0 amide bonds. The fourth-order valence-corrected chi connectivity index (χ4v) is 5.05. The summed E-state index contributed by atoms with van der Waals surface area (Å²) in [5.41, 5.74) is 4.22. The van der Waals surface area contributed by atoms with Gasteiger partial charge in [0.05, 0.1) is 5.60 Å². The Morgan fingerprint density at radius 3 is 2.36 bits per heavy atom. The first kappa shape index (κ1) is 17.5. The molecule has 0 fully saturated rings. The lowest BCUT2D eigenvalue weighted by atomic mass is 9.69. The summed E-state index contributed by atoms with van der Waals surface area (Å²) in [6, 6.07) is 0. The van der Waals surface area contributed by atoms with Crippen LogP contribution in [-0.4, -0.2) is 13.9 Å². The van der Waals surface area contributed by atoms with E-state index in [1.807, 2.05) is 0 Å². The van der Waals surface area contributed by atoms with E-state index in [9.17, 15) is 0 Å². The number of allylic oxidation sites excluding steroid dienone is 5. The Hall–Kier alpha value is -0.863. The quantitative estimate of drug-likeness (QED) is 0.563. The van der Waals surface area contributed by atoms with Gasteiger partial charge in [0.2, 0.25) is 0 Å². The molecule has 1 unspecified atom stereocenters. The topological polar surface area (TPSA) is 9.23 Å². The lowest BCUT2D eigenvalue weighted by molar-refractivity contribution is 0.0804. The van der Waals surface area contributed by atoms with Crippen molar-refractivity contribution in [1.82, 2.24) is 0 Å². The molecule has 0 N–H and O–H groups in total. The van der Waals surface area contributed by atoms with Crippen molar-refractivity contribution in [3.63, 3.8) is 0 Å². The van der Waals surface area contributed by atoms with Crippen LogP contribution in [0.4, 0.5) is 0 Å². The summed E-state index contributed by atoms with van der Waals surface area (Å²) < 4.78 is 6.87. The second kappa shape index (κ2) is 5.97. The molecule has 2 aliphatic carbocycles. The van der Waals surface area contributed by atoms with Crippen LogP contribution in [0.25, 0.3) is 0 Å². The highest BCUT2D eigenvalue weighted by Crippen LogP contribution is 2.47. The summed E-state index contributed by atoms with van der Waals surface area (Å²) in [6.45, 7) is 16.1. The second-order valence-corrected chi connectivity index (χ2v) is 13.2. The lowest BCUT2D eigenvalue weighted by Crippen LogP contribution is -2.48. The van der Waals surface area contributed by atoms with Crippen molar-refractivity contribution in [3.05, 3.63) is 47.1 Å². The van der Waals surface area contributed by atoms with E-state index in [1.54, 1.807) is 0 Å². The maximum atomic E-state index is 6.87. The van der Waals surface area contributed by atoms with Crippen LogP contribution in [0, 0.1) is 5.41 Å². The van der Waals surface area contributed by atoms with Crippen LogP contribution in [0.15, 0.2) is 47.1 Å². The molecule has 0 saturated heterocycles. The zero-order chi connectivity index (χ0) is 16.6. The predicted molar refractivity (Wildman–Crippen MR) is 99.5 cm³/mol. The third-order valence-corrected chi connectivity index (χ3v) is 5.27. The Balaban J connectivity index is 2.47. The fourth-order valence-electron chi connectivity index (χ4n) is 3.61. The smallest absolute Gasteiger partial charge is 0.184 e. The highest BCUT2D eigenvalue weighted by molar-refractivity contribution is 6.69. The van der Waals surface area contributed by atoms with Crippen LogP contribution in [0.1, 0.15) is 47.0 Å². The molecule has 122 valence electrons. The summed E-state index contributed by atoms with van der Waals surface area (Å²) in [7, 11) is -1.65. The van der Waals surface area contributed by atoms with Crippen LogP contribution in [0.2, 0.25) is 19.6 Å². The molecule has 0 radical (unpaired) electrons. The molecular weight excluding hydrogens is 284 g/mol. The van der Waals surface area contributed by atoms with E-state index < -0.39 is 8.32 Å². The summed E-state index contributed by atoms with van der Waals surface area (Å²) in [4.78, 5) is 0. The Kier molecular flexibility index (Phi) is 4.75. The first-order valence-corrected chi connectivity index (χ1v) is 11.9. The van der Waals surface area contributed by atoms with Crippen LogP contribution in [0.3, 0.4) is 0 Å². The summed E-state index contributed by atoms with van der Waals surface area (Å²) in [5, 5.41) is 0. The molecule has 2 heteroatoms. The molecule has 0 aromatic heterocycles. The molecule has 0 bridgehead atoms. The van der Waals surface area contributed by atoms with Crippen LogP contribution >= 0.6 is 0 Å². The maximum absolute atomic E-state index is 6.87. The van der Waals surface area contributed by atoms with Crippen molar-refractivity contribution < 1.29 is 4.43 Å². The van der Waals surface area contributed by atoms with Gasteiger partial charge in [-0.3, -0.25) is 0 Å². The van der Waals surface area contributed by atoms with Crippen molar-refractivity contribution in [2.45, 2.75) is 72.2 Å². The normalized spacial score (nSPS) is 25.9. The Morgan fingerprint density at radius 2 is 1.86 bits per heavy atom. The van der Waals surface area contributed by atoms with Gasteiger partial charge in [-0.25, -0.2) is 0 Å². The molecule has 0 saturated carbocycles. The van der Waals surface area contributed by atoms with Gasteiger partial charge in [0.1, 0.15) is 0 Å². The molecule has 1 atom stereocenters. The average Bonchev–Trinajstić information content (AvgIpc) is 2.81. The highest BCUT2D eigenvalue weighted by Gasteiger charge is 2.44. The van der Waals surface area contributed by atoms with E-state index in [1.165, 1.54) is 16.7 Å². The first-order valence-electron chi connectivity index (χ1n) is 8.47. The summed E-state index contributed by atoms with van der Waals surface area (Å²) in [5.74, 6) is 0. The van der Waals surface area contributed by atoms with Crippen molar-refractivity contribution in [2.24, 2.45) is 5.41 Å². The molecule has 0 aliphatic heterocycles. The molecular formula is C20H32OSi. The van der Waals surface area contributed by atoms with Gasteiger partial charge in [0.25, 0.3) is 0 Å². The van der Waals surface area contributed by atoms with Crippen LogP contribution < -0.4 is 0 Å². The van der Waals surface area contributed by atoms with Gasteiger partial charge in [-0.2, -0.15) is 0 Å². The van der Waals surface area contributed by atoms with Crippen molar-refractivity contribution in [3.8, 4) is 0 Å². The molecule has 1 nitrogen and oxygen atoms in total. The fraction of sp³-hybridized carbons (Fsp3) is 0.600. The van der Waals surface area contributed by atoms with Gasteiger partial charge in [-0.1, -0.05) is 56.7 Å². The highest BCUT2D eigenvalue weighted by atomic mass is 28.4. The molecule has 22 heavy (non-hydrogen) atoms. The van der Waals surface area contributed by atoms with Crippen molar-refractivity contribution in [1.29, 1.82) is 0 Å². The zero-order valence-electron chi connectivity index (χ0n) is 15.4. The van der Waals surface area contributed by atoms with Gasteiger partial charge in [-0.15, -0.1) is 0 Å². The van der Waals surface area contributed by atoms with Gasteiger partial charge in [-0.05, 0) is 56.0 Å². The van der Waals surface area contributed by atoms with E-state index in [4.69, 9.17) is 4.43 Å². The lowest BCUT2D eigenvalue weighted by Gasteiger charge is -2.47. The van der Waals surface area contributed by atoms with E-state index in [0.29, 0.717) is 0 Å². The van der Waals surface area contributed by atoms with E-state index in [0.717, 1.165) is 19.3 Å². The van der Waals surface area contributed by atoms with E-state index in [-0.39, 0.29) is 11.0 Å². The molecule has 0 heterocycles. The van der Waals surface area contributed by atoms with Gasteiger partial charge < -0.3 is 4.43 Å². The maximum Gasteiger partial charge on any atom is 0.184 e. The van der Waals surface area contributed by atoms with Crippen molar-refractivity contribution >= 4 is 8.32 Å². The number of hydrogen-bond donors (Lipinski definition) is 0. The van der Waals surface area contributed by atoms with Crippen LogP contribution in [-0.2, 0) is 4.43 Å². The van der Waals surface area contributed by atoms with Gasteiger partial charge in [0.15, 0.2) is 8.32 Å². The van der Waals surface area contributed by atoms with Crippen molar-refractivity contribution in [2.75, 3.05) is 0 Å². The predicted octanol–water partition coefficient (Wildman–Crippen LogP) is 6.18. The monoisotopic (exact) mass is 316 g/mol. The Labute approximate surface area is 138 Å². The minimum absolute atomic E-state index is 0.123. The molecule has 0 aromatic carbocycles. The average molecular weight is 317 g/mol. The molecule has 2 rings (SSSR count). The summed E-state index contributed by atoms with van der Waals surface area (Å²) >= 11 is 0. The largest absolute Gasteiger partial charge is 0.408 e. The van der Waals surface area contributed by atoms with Gasteiger partial charge >= 0.3 is 0 Å². The first-order chi connectivity index (χ1) is 10.0. The van der Waals surface area contributed by atoms with E-state index >= 15 is 0 Å². The number of rotatable bonds is 4. The third kappa shape index (κ3) is 4.11. The second-order valence-electron chi connectivity index (χ2n) is 8.76. The third-order valence-electron chi connectivity index (χ3n) is 4.26.